The lowest BCUT2D eigenvalue weighted by molar-refractivity contribution is 0.414. The standard InChI is InChI=1S/C18H20N2O2S.ClH/c1-20(2)11-10-14-8-9-17-16(12-14)18(13-19-17)23(21,22)15-6-4-3-5-7-15;/h3-9,12-13,19H,10-11H2,1-2H3;1H. The van der Waals surface area contributed by atoms with Crippen molar-refractivity contribution in [3.63, 3.8) is 0 Å². The normalized spacial score (nSPS) is 11.6. The minimum absolute atomic E-state index is 0. The van der Waals surface area contributed by atoms with Crippen LogP contribution in [0.1, 0.15) is 5.56 Å². The summed E-state index contributed by atoms with van der Waals surface area (Å²) in [6.07, 6.45) is 2.47. The van der Waals surface area contributed by atoms with E-state index >= 15 is 0 Å². The molecule has 0 spiro atoms. The summed E-state index contributed by atoms with van der Waals surface area (Å²) in [5.41, 5.74) is 1.98. The largest absolute Gasteiger partial charge is 0.360 e. The van der Waals surface area contributed by atoms with Crippen LogP contribution < -0.4 is 0 Å². The van der Waals surface area contributed by atoms with E-state index in [-0.39, 0.29) is 12.4 Å². The Kier molecular flexibility index (Phi) is 5.70. The lowest BCUT2D eigenvalue weighted by Gasteiger charge is -2.09. The number of benzene rings is 2. The maximum Gasteiger partial charge on any atom is 0.208 e. The topological polar surface area (TPSA) is 53.2 Å². The summed E-state index contributed by atoms with van der Waals surface area (Å²) in [6, 6.07) is 14.5. The number of hydrogen-bond donors (Lipinski definition) is 1. The van der Waals surface area contributed by atoms with E-state index < -0.39 is 9.84 Å². The van der Waals surface area contributed by atoms with Crippen LogP contribution in [0.15, 0.2) is 64.5 Å². The van der Waals surface area contributed by atoms with Crippen molar-refractivity contribution in [1.29, 1.82) is 0 Å². The minimum Gasteiger partial charge on any atom is -0.360 e. The number of hydrogen-bond acceptors (Lipinski definition) is 3. The zero-order valence-electron chi connectivity index (χ0n) is 13.7. The molecule has 3 aromatic rings. The van der Waals surface area contributed by atoms with Gasteiger partial charge in [-0.25, -0.2) is 8.42 Å². The first-order chi connectivity index (χ1) is 11.0. The molecular formula is C18H21ClN2O2S. The summed E-state index contributed by atoms with van der Waals surface area (Å²) in [5, 5.41) is 0.755. The van der Waals surface area contributed by atoms with E-state index in [9.17, 15) is 8.42 Å². The molecule has 0 amide bonds. The van der Waals surface area contributed by atoms with Crippen LogP contribution in [0.4, 0.5) is 0 Å². The quantitative estimate of drug-likeness (QED) is 0.753. The Morgan fingerprint density at radius 2 is 1.75 bits per heavy atom. The van der Waals surface area contributed by atoms with Gasteiger partial charge >= 0.3 is 0 Å². The molecule has 1 heterocycles. The van der Waals surface area contributed by atoms with E-state index in [0.717, 1.165) is 29.4 Å². The van der Waals surface area contributed by atoms with E-state index in [1.54, 1.807) is 30.5 Å². The predicted molar refractivity (Wildman–Crippen MR) is 99.7 cm³/mol. The zero-order chi connectivity index (χ0) is 16.4. The van der Waals surface area contributed by atoms with Crippen molar-refractivity contribution in [2.75, 3.05) is 20.6 Å². The second-order valence-electron chi connectivity index (χ2n) is 5.90. The zero-order valence-corrected chi connectivity index (χ0v) is 15.3. The number of halogens is 1. The van der Waals surface area contributed by atoms with Gasteiger partial charge in [-0.1, -0.05) is 24.3 Å². The van der Waals surface area contributed by atoms with Gasteiger partial charge in [0.25, 0.3) is 0 Å². The maximum absolute atomic E-state index is 12.9. The van der Waals surface area contributed by atoms with Gasteiger partial charge in [0, 0.05) is 23.6 Å². The summed E-state index contributed by atoms with van der Waals surface area (Å²) in [7, 11) is 0.544. The van der Waals surface area contributed by atoms with Crippen molar-refractivity contribution in [1.82, 2.24) is 9.88 Å². The molecule has 0 aliphatic heterocycles. The summed E-state index contributed by atoms with van der Waals surface area (Å²) in [4.78, 5) is 5.84. The first-order valence-corrected chi connectivity index (χ1v) is 9.02. The molecule has 0 unspecified atom stereocenters. The molecule has 1 aromatic heterocycles. The Morgan fingerprint density at radius 3 is 2.42 bits per heavy atom. The van der Waals surface area contributed by atoms with E-state index in [1.165, 1.54) is 0 Å². The van der Waals surface area contributed by atoms with Gasteiger partial charge in [-0.3, -0.25) is 0 Å². The van der Waals surface area contributed by atoms with E-state index in [4.69, 9.17) is 0 Å². The van der Waals surface area contributed by atoms with Crippen molar-refractivity contribution in [3.8, 4) is 0 Å². The summed E-state index contributed by atoms with van der Waals surface area (Å²) < 4.78 is 25.7. The van der Waals surface area contributed by atoms with Gasteiger partial charge in [0.2, 0.25) is 9.84 Å². The van der Waals surface area contributed by atoms with Gasteiger partial charge in [-0.2, -0.15) is 0 Å². The number of nitrogens with zero attached hydrogens (tertiary/aromatic N) is 1. The Balaban J connectivity index is 0.00000208. The molecular weight excluding hydrogens is 344 g/mol. The smallest absolute Gasteiger partial charge is 0.208 e. The molecule has 128 valence electrons. The second kappa shape index (κ2) is 7.38. The Labute approximate surface area is 148 Å². The fourth-order valence-corrected chi connectivity index (χ4v) is 4.04. The van der Waals surface area contributed by atoms with E-state index in [0.29, 0.717) is 9.79 Å². The van der Waals surface area contributed by atoms with E-state index in [2.05, 4.69) is 9.88 Å². The lowest BCUT2D eigenvalue weighted by atomic mass is 10.1. The highest BCUT2D eigenvalue weighted by molar-refractivity contribution is 7.91. The summed E-state index contributed by atoms with van der Waals surface area (Å²) in [5.74, 6) is 0. The Morgan fingerprint density at radius 1 is 1.04 bits per heavy atom. The van der Waals surface area contributed by atoms with Crippen molar-refractivity contribution >= 4 is 33.1 Å². The molecule has 0 saturated carbocycles. The van der Waals surface area contributed by atoms with Gasteiger partial charge in [-0.15, -0.1) is 12.4 Å². The van der Waals surface area contributed by atoms with Crippen molar-refractivity contribution in [2.24, 2.45) is 0 Å². The molecule has 0 aliphatic carbocycles. The SMILES string of the molecule is CN(C)CCc1ccc2[nH]cc(S(=O)(=O)c3ccccc3)c2c1.Cl. The number of fused-ring (bicyclic) bond motifs is 1. The van der Waals surface area contributed by atoms with Crippen molar-refractivity contribution < 1.29 is 8.42 Å². The van der Waals surface area contributed by atoms with Gasteiger partial charge in [-0.05, 0) is 50.3 Å². The Bertz CT molecular complexity index is 919. The molecule has 3 rings (SSSR count). The molecule has 0 atom stereocenters. The highest BCUT2D eigenvalue weighted by atomic mass is 35.5. The molecule has 0 aliphatic rings. The van der Waals surface area contributed by atoms with Crippen LogP contribution >= 0.6 is 12.4 Å². The fourth-order valence-electron chi connectivity index (χ4n) is 2.60. The molecule has 0 saturated heterocycles. The van der Waals surface area contributed by atoms with Crippen LogP contribution in [0.25, 0.3) is 10.9 Å². The van der Waals surface area contributed by atoms with Gasteiger partial charge in [0.1, 0.15) is 0 Å². The van der Waals surface area contributed by atoms with Crippen LogP contribution in [-0.2, 0) is 16.3 Å². The average Bonchev–Trinajstić information content (AvgIpc) is 2.97. The number of rotatable bonds is 5. The van der Waals surface area contributed by atoms with Gasteiger partial charge < -0.3 is 9.88 Å². The number of sulfone groups is 1. The number of likely N-dealkylation sites (N-methyl/N-ethyl adjacent to an activating group) is 1. The molecule has 0 radical (unpaired) electrons. The van der Waals surface area contributed by atoms with Crippen LogP contribution in [0.5, 0.6) is 0 Å². The van der Waals surface area contributed by atoms with Crippen LogP contribution in [-0.4, -0.2) is 38.9 Å². The molecule has 1 N–H and O–H groups in total. The van der Waals surface area contributed by atoms with Crippen LogP contribution in [0, 0.1) is 0 Å². The Hall–Kier alpha value is -1.82. The van der Waals surface area contributed by atoms with E-state index in [1.807, 2.05) is 38.4 Å². The van der Waals surface area contributed by atoms with Crippen molar-refractivity contribution in [2.45, 2.75) is 16.2 Å². The highest BCUT2D eigenvalue weighted by Gasteiger charge is 2.21. The molecule has 2 aromatic carbocycles. The highest BCUT2D eigenvalue weighted by Crippen LogP contribution is 2.29. The first-order valence-electron chi connectivity index (χ1n) is 7.53. The monoisotopic (exact) mass is 364 g/mol. The number of H-pyrrole nitrogens is 1. The van der Waals surface area contributed by atoms with Gasteiger partial charge in [0.05, 0.1) is 9.79 Å². The number of nitrogens with one attached hydrogen (secondary N) is 1. The third-order valence-corrected chi connectivity index (χ3v) is 5.71. The second-order valence-corrected chi connectivity index (χ2v) is 7.82. The van der Waals surface area contributed by atoms with Gasteiger partial charge in [0.15, 0.2) is 0 Å². The van der Waals surface area contributed by atoms with Crippen molar-refractivity contribution in [3.05, 3.63) is 60.3 Å². The maximum atomic E-state index is 12.9. The third-order valence-electron chi connectivity index (χ3n) is 3.90. The minimum atomic E-state index is -3.51. The van der Waals surface area contributed by atoms with Crippen LogP contribution in [0.2, 0.25) is 0 Å². The number of aromatic nitrogens is 1. The molecule has 4 nitrogen and oxygen atoms in total. The fraction of sp³-hybridized carbons (Fsp3) is 0.222. The lowest BCUT2D eigenvalue weighted by Crippen LogP contribution is -2.14. The first kappa shape index (κ1) is 18.5. The molecule has 0 bridgehead atoms. The molecule has 6 heteroatoms. The number of aromatic amines is 1. The summed E-state index contributed by atoms with van der Waals surface area (Å²) >= 11 is 0. The third kappa shape index (κ3) is 3.64. The predicted octanol–water partition coefficient (Wildman–Crippen LogP) is 3.53. The average molecular weight is 365 g/mol. The van der Waals surface area contributed by atoms with Crippen LogP contribution in [0.3, 0.4) is 0 Å². The summed E-state index contributed by atoms with van der Waals surface area (Å²) in [6.45, 7) is 0.927. The molecule has 0 fully saturated rings. The molecule has 24 heavy (non-hydrogen) atoms.